The Morgan fingerprint density at radius 3 is 1.55 bits per heavy atom. The molecule has 0 radical (unpaired) electrons. The Morgan fingerprint density at radius 1 is 0.900 bits per heavy atom. The standard InChI is InChI=1S/C8H6O5.K.6H2O.H/c9-7(10)5-3-1-2-4-6(5)8(11)13-12;;;;;;;;/h1-4,12H,(H,9,10);;6*1H2;/q;+1;;;;;;;-1. The maximum Gasteiger partial charge on any atom is 1.00 e. The van der Waals surface area contributed by atoms with Gasteiger partial charge < -0.3 is 39.4 Å². The fourth-order valence-corrected chi connectivity index (χ4v) is 0.897. The molecule has 0 atom stereocenters. The smallest absolute Gasteiger partial charge is 1.00 e. The van der Waals surface area contributed by atoms with Crippen molar-refractivity contribution in [3.8, 4) is 0 Å². The van der Waals surface area contributed by atoms with Gasteiger partial charge in [0.15, 0.2) is 0 Å². The zero-order valence-electron chi connectivity index (χ0n) is 11.4. The number of hydrogen-bond acceptors (Lipinski definition) is 4. The van der Waals surface area contributed by atoms with Crippen LogP contribution in [0.15, 0.2) is 24.3 Å². The molecule has 0 amide bonds. The molecule has 12 heteroatoms. The van der Waals surface area contributed by atoms with E-state index < -0.39 is 11.9 Å². The third-order valence-corrected chi connectivity index (χ3v) is 1.46. The molecule has 14 N–H and O–H groups in total. The monoisotopic (exact) mass is 330 g/mol. The predicted molar refractivity (Wildman–Crippen MR) is 64.2 cm³/mol. The third-order valence-electron chi connectivity index (χ3n) is 1.46. The number of aromatic carboxylic acids is 1. The Balaban J connectivity index is -0.0000000352. The summed E-state index contributed by atoms with van der Waals surface area (Å²) in [6.45, 7) is 0. The van der Waals surface area contributed by atoms with Crippen LogP contribution >= 0.6 is 0 Å². The maximum absolute atomic E-state index is 10.8. The zero-order chi connectivity index (χ0) is 9.84. The molecule has 0 aliphatic heterocycles. The van der Waals surface area contributed by atoms with Gasteiger partial charge in [0.25, 0.3) is 0 Å². The van der Waals surface area contributed by atoms with E-state index in [1.165, 1.54) is 24.3 Å². The van der Waals surface area contributed by atoms with Gasteiger partial charge in [-0.1, -0.05) is 12.1 Å². The third kappa shape index (κ3) is 11.4. The van der Waals surface area contributed by atoms with Crippen molar-refractivity contribution in [1.82, 2.24) is 0 Å². The molecule has 0 fully saturated rings. The summed E-state index contributed by atoms with van der Waals surface area (Å²) in [4.78, 5) is 24.8. The first kappa shape index (κ1) is 42.7. The molecule has 11 nitrogen and oxygen atoms in total. The molecule has 0 saturated carbocycles. The van der Waals surface area contributed by atoms with Crippen LogP contribution in [0, 0.1) is 0 Å². The number of carbonyl (C=O) groups excluding carboxylic acids is 1. The quantitative estimate of drug-likeness (QED) is 0.302. The molecule has 0 aliphatic carbocycles. The normalized spacial score (nSPS) is 6.05. The summed E-state index contributed by atoms with van der Waals surface area (Å²) in [6.07, 6.45) is 0. The van der Waals surface area contributed by atoms with Gasteiger partial charge in [0.1, 0.15) is 0 Å². The second-order valence-electron chi connectivity index (χ2n) is 2.23. The number of hydrogen-bond donors (Lipinski definition) is 2. The molecule has 1 aromatic rings. The average molecular weight is 330 g/mol. The summed E-state index contributed by atoms with van der Waals surface area (Å²) in [7, 11) is 0. The summed E-state index contributed by atoms with van der Waals surface area (Å²) >= 11 is 0. The predicted octanol–water partition coefficient (Wildman–Crippen LogP) is -6.82. The van der Waals surface area contributed by atoms with E-state index in [1.54, 1.807) is 0 Å². The minimum atomic E-state index is -1.25. The van der Waals surface area contributed by atoms with Crippen molar-refractivity contribution in [2.24, 2.45) is 0 Å². The molecule has 118 valence electrons. The van der Waals surface area contributed by atoms with Gasteiger partial charge in [-0.2, -0.15) is 5.26 Å². The van der Waals surface area contributed by atoms with E-state index in [9.17, 15) is 9.59 Å². The molecule has 0 saturated heterocycles. The Kier molecular flexibility index (Phi) is 44.5. The SMILES string of the molecule is O.O.O.O.O.O.O=C(O)c1ccccc1C(=O)OO.[H-].[K+]. The second kappa shape index (κ2) is 20.8. The van der Waals surface area contributed by atoms with Crippen LogP contribution in [-0.4, -0.2) is 55.2 Å². The van der Waals surface area contributed by atoms with Crippen molar-refractivity contribution in [2.45, 2.75) is 0 Å². The van der Waals surface area contributed by atoms with Gasteiger partial charge >= 0.3 is 63.3 Å². The first-order chi connectivity index (χ1) is 6.16. The van der Waals surface area contributed by atoms with Crippen LogP contribution in [0.3, 0.4) is 0 Å². The number of rotatable bonds is 2. The summed E-state index contributed by atoms with van der Waals surface area (Å²) in [6, 6.07) is 5.44. The summed E-state index contributed by atoms with van der Waals surface area (Å²) < 4.78 is 0. The van der Waals surface area contributed by atoms with Gasteiger partial charge in [-0.15, -0.1) is 0 Å². The van der Waals surface area contributed by atoms with E-state index in [0.29, 0.717) is 0 Å². The minimum Gasteiger partial charge on any atom is -1.00 e. The number of carboxylic acid groups (broad SMARTS) is 1. The molecular weight excluding hydrogens is 311 g/mol. The van der Waals surface area contributed by atoms with Gasteiger partial charge in [0, 0.05) is 0 Å². The molecule has 0 unspecified atom stereocenters. The zero-order valence-corrected chi connectivity index (χ0v) is 13.6. The second-order valence-corrected chi connectivity index (χ2v) is 2.23. The summed E-state index contributed by atoms with van der Waals surface area (Å²) in [5.41, 5.74) is -0.390. The van der Waals surface area contributed by atoms with Crippen LogP contribution < -0.4 is 51.4 Å². The van der Waals surface area contributed by atoms with Crippen molar-refractivity contribution in [3.05, 3.63) is 35.4 Å². The van der Waals surface area contributed by atoms with Gasteiger partial charge in [-0.25, -0.2) is 9.59 Å². The van der Waals surface area contributed by atoms with E-state index in [2.05, 4.69) is 4.89 Å². The molecular formula is C8H19KO11. The van der Waals surface area contributed by atoms with Crippen LogP contribution in [-0.2, 0) is 4.89 Å². The van der Waals surface area contributed by atoms with Gasteiger partial charge in [-0.3, -0.25) is 4.89 Å². The van der Waals surface area contributed by atoms with Crippen molar-refractivity contribution >= 4 is 11.9 Å². The number of carboxylic acids is 1. The van der Waals surface area contributed by atoms with Gasteiger partial charge in [0.2, 0.25) is 0 Å². The largest absolute Gasteiger partial charge is 1.00 e. The van der Waals surface area contributed by atoms with E-state index in [4.69, 9.17) is 10.4 Å². The van der Waals surface area contributed by atoms with Crippen LogP contribution in [0.2, 0.25) is 0 Å². The van der Waals surface area contributed by atoms with Gasteiger partial charge in [-0.05, 0) is 12.1 Å². The average Bonchev–Trinajstić information content (AvgIpc) is 2.16. The van der Waals surface area contributed by atoms with Crippen LogP contribution in [0.25, 0.3) is 0 Å². The summed E-state index contributed by atoms with van der Waals surface area (Å²) in [5.74, 6) is -2.33. The Labute approximate surface area is 156 Å². The van der Waals surface area contributed by atoms with Crippen LogP contribution in [0.4, 0.5) is 0 Å². The molecule has 1 aromatic carbocycles. The Morgan fingerprint density at radius 2 is 1.25 bits per heavy atom. The first-order valence-corrected chi connectivity index (χ1v) is 3.35. The molecule has 0 aliphatic rings. The Hall–Kier alpha value is -0.484. The molecule has 0 heterocycles. The maximum atomic E-state index is 10.8. The molecule has 0 bridgehead atoms. The fraction of sp³-hybridized carbons (Fsp3) is 0. The Bertz CT molecular complexity index is 362. The molecule has 0 aromatic heterocycles. The van der Waals surface area contributed by atoms with Crippen molar-refractivity contribution < 1.29 is 111 Å². The summed E-state index contributed by atoms with van der Waals surface area (Å²) in [5, 5.41) is 16.7. The minimum absolute atomic E-state index is 0. The van der Waals surface area contributed by atoms with Crippen molar-refractivity contribution in [2.75, 3.05) is 0 Å². The topological polar surface area (TPSA) is 273 Å². The molecule has 0 spiro atoms. The van der Waals surface area contributed by atoms with Crippen LogP contribution in [0.5, 0.6) is 0 Å². The number of carbonyl (C=O) groups is 2. The van der Waals surface area contributed by atoms with Crippen molar-refractivity contribution in [3.63, 3.8) is 0 Å². The van der Waals surface area contributed by atoms with Crippen molar-refractivity contribution in [1.29, 1.82) is 0 Å². The van der Waals surface area contributed by atoms with Crippen LogP contribution in [0.1, 0.15) is 22.1 Å². The number of benzene rings is 1. The first-order valence-electron chi connectivity index (χ1n) is 3.35. The van der Waals surface area contributed by atoms with E-state index in [0.717, 1.165) is 0 Å². The molecule has 1 rings (SSSR count). The van der Waals surface area contributed by atoms with E-state index >= 15 is 0 Å². The van der Waals surface area contributed by atoms with E-state index in [-0.39, 0.29) is 96.8 Å². The fourth-order valence-electron chi connectivity index (χ4n) is 0.897. The van der Waals surface area contributed by atoms with E-state index in [1.807, 2.05) is 0 Å². The van der Waals surface area contributed by atoms with Gasteiger partial charge in [0.05, 0.1) is 11.1 Å². The molecule has 20 heavy (non-hydrogen) atoms.